The number of carboxylic acids is 1. The van der Waals surface area contributed by atoms with Crippen molar-refractivity contribution in [2.45, 2.75) is 26.2 Å². The molecule has 2 rings (SSSR count). The maximum atomic E-state index is 11.3. The highest BCUT2D eigenvalue weighted by atomic mass is 127. The monoisotopic (exact) mass is 372 g/mol. The summed E-state index contributed by atoms with van der Waals surface area (Å²) < 4.78 is 2.34. The second-order valence-corrected chi connectivity index (χ2v) is 6.38. The van der Waals surface area contributed by atoms with Gasteiger partial charge in [0.15, 0.2) is 5.82 Å². The summed E-state index contributed by atoms with van der Waals surface area (Å²) in [7, 11) is 0. The molecule has 6 nitrogen and oxygen atoms in total. The van der Waals surface area contributed by atoms with Crippen LogP contribution in [0, 0.1) is 3.57 Å². The van der Waals surface area contributed by atoms with E-state index in [1.807, 2.05) is 26.8 Å². The van der Waals surface area contributed by atoms with E-state index in [2.05, 4.69) is 38.1 Å². The minimum Gasteiger partial charge on any atom is -0.478 e. The van der Waals surface area contributed by atoms with Crippen molar-refractivity contribution in [3.63, 3.8) is 0 Å². The number of hydrogen-bond donors (Lipinski definition) is 1. The lowest BCUT2D eigenvalue weighted by atomic mass is 9.95. The molecule has 0 spiro atoms. The van der Waals surface area contributed by atoms with Crippen molar-refractivity contribution in [2.24, 2.45) is 0 Å². The molecule has 0 saturated heterocycles. The molecule has 0 unspecified atom stereocenters. The number of carbonyl (C=O) groups is 1. The molecule has 1 aromatic heterocycles. The first-order valence-electron chi connectivity index (χ1n) is 5.63. The Balaban J connectivity index is 2.67. The summed E-state index contributed by atoms with van der Waals surface area (Å²) >= 11 is 2.07. The Hall–Kier alpha value is -1.51. The van der Waals surface area contributed by atoms with E-state index in [1.54, 1.807) is 12.1 Å². The fourth-order valence-electron chi connectivity index (χ4n) is 1.68. The van der Waals surface area contributed by atoms with Crippen LogP contribution in [-0.4, -0.2) is 31.3 Å². The number of tetrazole rings is 1. The van der Waals surface area contributed by atoms with Gasteiger partial charge in [-0.05, 0) is 51.2 Å². The van der Waals surface area contributed by atoms with Crippen LogP contribution in [0.25, 0.3) is 5.69 Å². The van der Waals surface area contributed by atoms with Crippen LogP contribution in [0.3, 0.4) is 0 Å². The van der Waals surface area contributed by atoms with Gasteiger partial charge in [-0.15, -0.1) is 5.10 Å². The standard InChI is InChI=1S/C12H13IN4O2/c1-12(2,3)11-14-15-16-17(11)9-5-4-7(13)6-8(9)10(18)19/h4-6H,1-3H3,(H,18,19). The third kappa shape index (κ3) is 2.75. The molecule has 7 heteroatoms. The first-order chi connectivity index (χ1) is 8.80. The molecule has 0 atom stereocenters. The first-order valence-corrected chi connectivity index (χ1v) is 6.70. The van der Waals surface area contributed by atoms with Gasteiger partial charge in [0.1, 0.15) is 0 Å². The number of halogens is 1. The average Bonchev–Trinajstić information content (AvgIpc) is 2.77. The number of hydrogen-bond acceptors (Lipinski definition) is 4. The zero-order valence-electron chi connectivity index (χ0n) is 10.8. The lowest BCUT2D eigenvalue weighted by Crippen LogP contribution is -2.20. The fourth-order valence-corrected chi connectivity index (χ4v) is 2.17. The molecule has 100 valence electrons. The lowest BCUT2D eigenvalue weighted by Gasteiger charge is -2.18. The van der Waals surface area contributed by atoms with E-state index in [0.29, 0.717) is 11.5 Å². The summed E-state index contributed by atoms with van der Waals surface area (Å²) in [6.45, 7) is 5.92. The summed E-state index contributed by atoms with van der Waals surface area (Å²) in [4.78, 5) is 11.3. The van der Waals surface area contributed by atoms with Gasteiger partial charge in [0.2, 0.25) is 0 Å². The molecule has 0 fully saturated rings. The van der Waals surface area contributed by atoms with E-state index < -0.39 is 5.97 Å². The van der Waals surface area contributed by atoms with Crippen molar-refractivity contribution in [3.8, 4) is 5.69 Å². The number of carboxylic acid groups (broad SMARTS) is 1. The normalized spacial score (nSPS) is 11.6. The molecule has 0 amide bonds. The molecule has 0 aliphatic heterocycles. The molecule has 1 aromatic carbocycles. The van der Waals surface area contributed by atoms with Gasteiger partial charge >= 0.3 is 5.97 Å². The van der Waals surface area contributed by atoms with E-state index in [9.17, 15) is 9.90 Å². The average molecular weight is 372 g/mol. The lowest BCUT2D eigenvalue weighted by molar-refractivity contribution is 0.0696. The van der Waals surface area contributed by atoms with Gasteiger partial charge in [0.25, 0.3) is 0 Å². The Morgan fingerprint density at radius 2 is 2.05 bits per heavy atom. The maximum Gasteiger partial charge on any atom is 0.337 e. The molecule has 1 heterocycles. The maximum absolute atomic E-state index is 11.3. The Morgan fingerprint density at radius 3 is 2.63 bits per heavy atom. The van der Waals surface area contributed by atoms with Crippen LogP contribution in [0.1, 0.15) is 37.0 Å². The van der Waals surface area contributed by atoms with Crippen LogP contribution in [-0.2, 0) is 5.41 Å². The summed E-state index contributed by atoms with van der Waals surface area (Å²) in [6, 6.07) is 5.15. The number of aromatic nitrogens is 4. The summed E-state index contributed by atoms with van der Waals surface area (Å²) in [5, 5.41) is 20.9. The molecule has 19 heavy (non-hydrogen) atoms. The van der Waals surface area contributed by atoms with E-state index in [0.717, 1.165) is 3.57 Å². The summed E-state index contributed by atoms with van der Waals surface area (Å²) in [5.41, 5.74) is 0.384. The number of aromatic carboxylic acids is 1. The molecular formula is C12H13IN4O2. The van der Waals surface area contributed by atoms with Crippen molar-refractivity contribution in [1.29, 1.82) is 0 Å². The molecule has 0 radical (unpaired) electrons. The number of rotatable bonds is 2. The van der Waals surface area contributed by atoms with Crippen molar-refractivity contribution in [3.05, 3.63) is 33.2 Å². The topological polar surface area (TPSA) is 80.9 Å². The first kappa shape index (κ1) is 13.9. The Morgan fingerprint density at radius 1 is 1.37 bits per heavy atom. The summed E-state index contributed by atoms with van der Waals surface area (Å²) in [6.07, 6.45) is 0. The van der Waals surface area contributed by atoms with Crippen molar-refractivity contribution in [2.75, 3.05) is 0 Å². The van der Waals surface area contributed by atoms with E-state index in [-0.39, 0.29) is 11.0 Å². The zero-order valence-corrected chi connectivity index (χ0v) is 12.9. The van der Waals surface area contributed by atoms with Gasteiger partial charge in [-0.25, -0.2) is 4.79 Å². The van der Waals surface area contributed by atoms with E-state index in [4.69, 9.17) is 0 Å². The van der Waals surface area contributed by atoms with Crippen LogP contribution in [0.15, 0.2) is 18.2 Å². The molecule has 0 aliphatic rings. The quantitative estimate of drug-likeness (QED) is 0.818. The van der Waals surface area contributed by atoms with Gasteiger partial charge in [-0.1, -0.05) is 20.8 Å². The molecule has 0 saturated carbocycles. The van der Waals surface area contributed by atoms with Crippen LogP contribution < -0.4 is 0 Å². The second kappa shape index (κ2) is 4.87. The zero-order chi connectivity index (χ0) is 14.2. The second-order valence-electron chi connectivity index (χ2n) is 5.13. The largest absolute Gasteiger partial charge is 0.478 e. The van der Waals surface area contributed by atoms with Crippen molar-refractivity contribution < 1.29 is 9.90 Å². The summed E-state index contributed by atoms with van der Waals surface area (Å²) in [5.74, 6) is -0.375. The molecule has 2 aromatic rings. The van der Waals surface area contributed by atoms with Crippen LogP contribution in [0.5, 0.6) is 0 Å². The Bertz CT molecular complexity index is 631. The number of nitrogens with zero attached hydrogens (tertiary/aromatic N) is 4. The highest BCUT2D eigenvalue weighted by Crippen LogP contribution is 2.24. The van der Waals surface area contributed by atoms with Crippen LogP contribution in [0.4, 0.5) is 0 Å². The van der Waals surface area contributed by atoms with Gasteiger partial charge in [0.05, 0.1) is 11.3 Å². The third-order valence-corrected chi connectivity index (χ3v) is 3.23. The minimum absolute atomic E-state index is 0.185. The van der Waals surface area contributed by atoms with E-state index >= 15 is 0 Å². The minimum atomic E-state index is -0.996. The fraction of sp³-hybridized carbons (Fsp3) is 0.333. The van der Waals surface area contributed by atoms with Gasteiger partial charge in [-0.3, -0.25) is 0 Å². The predicted octanol–water partition coefficient (Wildman–Crippen LogP) is 2.26. The predicted molar refractivity (Wildman–Crippen MR) is 77.5 cm³/mol. The highest BCUT2D eigenvalue weighted by molar-refractivity contribution is 14.1. The molecular weight excluding hydrogens is 359 g/mol. The highest BCUT2D eigenvalue weighted by Gasteiger charge is 2.25. The van der Waals surface area contributed by atoms with Gasteiger partial charge in [-0.2, -0.15) is 4.68 Å². The smallest absolute Gasteiger partial charge is 0.337 e. The Labute approximate surface area is 124 Å². The van der Waals surface area contributed by atoms with Crippen molar-refractivity contribution >= 4 is 28.6 Å². The van der Waals surface area contributed by atoms with Gasteiger partial charge < -0.3 is 5.11 Å². The Kier molecular flexibility index (Phi) is 3.57. The van der Waals surface area contributed by atoms with Crippen LogP contribution >= 0.6 is 22.6 Å². The molecule has 1 N–H and O–H groups in total. The molecule has 0 bridgehead atoms. The SMILES string of the molecule is CC(C)(C)c1nnnn1-c1ccc(I)cc1C(=O)O. The third-order valence-electron chi connectivity index (χ3n) is 2.56. The van der Waals surface area contributed by atoms with E-state index in [1.165, 1.54) is 4.68 Å². The van der Waals surface area contributed by atoms with Gasteiger partial charge in [0, 0.05) is 8.99 Å². The van der Waals surface area contributed by atoms with Crippen LogP contribution in [0.2, 0.25) is 0 Å². The van der Waals surface area contributed by atoms with Crippen molar-refractivity contribution in [1.82, 2.24) is 20.2 Å². The number of benzene rings is 1. The molecule has 0 aliphatic carbocycles.